The number of aliphatic imine (C=N–C) groups is 1. The van der Waals surface area contributed by atoms with Gasteiger partial charge in [0, 0.05) is 6.04 Å². The maximum absolute atomic E-state index is 5.79. The van der Waals surface area contributed by atoms with Crippen LogP contribution in [0.4, 0.5) is 0 Å². The van der Waals surface area contributed by atoms with Crippen LogP contribution in [0.3, 0.4) is 0 Å². The third-order valence-corrected chi connectivity index (χ3v) is 2.80. The molecule has 3 atom stereocenters. The summed E-state index contributed by atoms with van der Waals surface area (Å²) < 4.78 is 5.60. The van der Waals surface area contributed by atoms with E-state index in [0.29, 0.717) is 18.1 Å². The summed E-state index contributed by atoms with van der Waals surface area (Å²) in [5.41, 5.74) is 5.79. The first-order valence-corrected chi connectivity index (χ1v) is 5.40. The fourth-order valence-corrected chi connectivity index (χ4v) is 1.85. The zero-order valence-corrected chi connectivity index (χ0v) is 8.86. The predicted octanol–water partition coefficient (Wildman–Crippen LogP) is 0.619. The second-order valence-electron chi connectivity index (χ2n) is 4.39. The minimum absolute atomic E-state index is 0.199. The standard InChI is InChI=1S/C10H19N3O/c1-6-5-9(7(2)14-6)13-10(11)12-8-3-4-8/h6-9H,3-5H2,1-2H3,(H3,11,12,13). The first kappa shape index (κ1) is 9.77. The Bertz CT molecular complexity index is 238. The number of nitrogens with two attached hydrogens (primary N) is 1. The molecule has 80 valence electrons. The van der Waals surface area contributed by atoms with Gasteiger partial charge in [-0.1, -0.05) is 0 Å². The summed E-state index contributed by atoms with van der Waals surface area (Å²) in [5.74, 6) is 0.585. The molecule has 4 heteroatoms. The number of guanidine groups is 1. The van der Waals surface area contributed by atoms with E-state index in [-0.39, 0.29) is 12.1 Å². The highest BCUT2D eigenvalue weighted by Gasteiger charge is 2.30. The average molecular weight is 197 g/mol. The molecule has 0 aromatic carbocycles. The van der Waals surface area contributed by atoms with Crippen LogP contribution >= 0.6 is 0 Å². The first-order valence-electron chi connectivity index (χ1n) is 5.40. The Labute approximate surface area is 84.9 Å². The van der Waals surface area contributed by atoms with Crippen molar-refractivity contribution in [1.82, 2.24) is 5.32 Å². The van der Waals surface area contributed by atoms with Crippen LogP contribution in [0, 0.1) is 0 Å². The molecule has 3 N–H and O–H groups in total. The second-order valence-corrected chi connectivity index (χ2v) is 4.39. The Morgan fingerprint density at radius 2 is 2.14 bits per heavy atom. The summed E-state index contributed by atoms with van der Waals surface area (Å²) in [6.45, 7) is 4.14. The van der Waals surface area contributed by atoms with Gasteiger partial charge in [0.1, 0.15) is 0 Å². The molecule has 1 saturated carbocycles. The van der Waals surface area contributed by atoms with Crippen molar-refractivity contribution >= 4 is 5.96 Å². The number of ether oxygens (including phenoxy) is 1. The molecule has 2 rings (SSSR count). The topological polar surface area (TPSA) is 59.6 Å². The Morgan fingerprint density at radius 3 is 2.64 bits per heavy atom. The smallest absolute Gasteiger partial charge is 0.189 e. The summed E-state index contributed by atoms with van der Waals surface area (Å²) in [7, 11) is 0. The lowest BCUT2D eigenvalue weighted by molar-refractivity contribution is 0.0638. The van der Waals surface area contributed by atoms with Gasteiger partial charge in [-0.05, 0) is 33.1 Å². The van der Waals surface area contributed by atoms with Crippen LogP contribution in [0.5, 0.6) is 0 Å². The minimum Gasteiger partial charge on any atom is -0.373 e. The molecule has 0 spiro atoms. The summed E-state index contributed by atoms with van der Waals surface area (Å²) in [6, 6.07) is 0.810. The van der Waals surface area contributed by atoms with Gasteiger partial charge in [-0.3, -0.25) is 0 Å². The molecule has 0 radical (unpaired) electrons. The maximum atomic E-state index is 5.79. The summed E-state index contributed by atoms with van der Waals surface area (Å²) in [5, 5.41) is 3.19. The van der Waals surface area contributed by atoms with Crippen LogP contribution in [0.1, 0.15) is 33.1 Å². The van der Waals surface area contributed by atoms with Crippen LogP contribution < -0.4 is 11.1 Å². The summed E-state index contributed by atoms with van der Waals surface area (Å²) >= 11 is 0. The molecule has 0 aromatic rings. The van der Waals surface area contributed by atoms with Gasteiger partial charge in [0.15, 0.2) is 5.96 Å². The molecule has 1 aliphatic heterocycles. The third kappa shape index (κ3) is 2.38. The fourth-order valence-electron chi connectivity index (χ4n) is 1.85. The Morgan fingerprint density at radius 1 is 1.43 bits per heavy atom. The average Bonchev–Trinajstić information content (AvgIpc) is 2.81. The van der Waals surface area contributed by atoms with Gasteiger partial charge < -0.3 is 15.8 Å². The van der Waals surface area contributed by atoms with E-state index in [1.54, 1.807) is 0 Å². The van der Waals surface area contributed by atoms with Crippen molar-refractivity contribution in [3.8, 4) is 0 Å². The lowest BCUT2D eigenvalue weighted by Crippen LogP contribution is -2.35. The molecule has 1 saturated heterocycles. The van der Waals surface area contributed by atoms with Gasteiger partial charge in [-0.25, -0.2) is 4.99 Å². The molecule has 2 aliphatic rings. The second kappa shape index (κ2) is 3.77. The normalized spacial score (nSPS) is 38.7. The Balaban J connectivity index is 1.87. The SMILES string of the molecule is CC1CC(N=C(N)NC2CC2)C(C)O1. The zero-order valence-electron chi connectivity index (χ0n) is 8.86. The van der Waals surface area contributed by atoms with Gasteiger partial charge in [0.2, 0.25) is 0 Å². The van der Waals surface area contributed by atoms with Gasteiger partial charge in [0.25, 0.3) is 0 Å². The van der Waals surface area contributed by atoms with Gasteiger partial charge >= 0.3 is 0 Å². The number of hydrogen-bond donors (Lipinski definition) is 2. The highest BCUT2D eigenvalue weighted by atomic mass is 16.5. The van der Waals surface area contributed by atoms with Crippen molar-refractivity contribution in [2.45, 2.75) is 57.4 Å². The molecule has 14 heavy (non-hydrogen) atoms. The molecule has 1 aliphatic carbocycles. The highest BCUT2D eigenvalue weighted by molar-refractivity contribution is 5.78. The molecule has 3 unspecified atom stereocenters. The van der Waals surface area contributed by atoms with E-state index in [9.17, 15) is 0 Å². The van der Waals surface area contributed by atoms with Crippen LogP contribution in [-0.2, 0) is 4.74 Å². The molecule has 0 aromatic heterocycles. The van der Waals surface area contributed by atoms with Crippen molar-refractivity contribution < 1.29 is 4.74 Å². The minimum atomic E-state index is 0.199. The van der Waals surface area contributed by atoms with E-state index in [1.165, 1.54) is 12.8 Å². The number of nitrogens with zero attached hydrogens (tertiary/aromatic N) is 1. The lowest BCUT2D eigenvalue weighted by Gasteiger charge is -2.10. The van der Waals surface area contributed by atoms with Gasteiger partial charge in [-0.15, -0.1) is 0 Å². The summed E-state index contributed by atoms with van der Waals surface area (Å²) in [4.78, 5) is 4.45. The predicted molar refractivity (Wildman–Crippen MR) is 56.2 cm³/mol. The van der Waals surface area contributed by atoms with Gasteiger partial charge in [0.05, 0.1) is 18.2 Å². The quantitative estimate of drug-likeness (QED) is 0.504. The van der Waals surface area contributed by atoms with Crippen molar-refractivity contribution in [3.05, 3.63) is 0 Å². The Hall–Kier alpha value is -0.770. The number of hydrogen-bond acceptors (Lipinski definition) is 2. The van der Waals surface area contributed by atoms with E-state index < -0.39 is 0 Å². The largest absolute Gasteiger partial charge is 0.373 e. The third-order valence-electron chi connectivity index (χ3n) is 2.80. The van der Waals surface area contributed by atoms with E-state index in [0.717, 1.165) is 6.42 Å². The maximum Gasteiger partial charge on any atom is 0.189 e. The molecular formula is C10H19N3O. The first-order chi connectivity index (χ1) is 6.65. The van der Waals surface area contributed by atoms with E-state index in [2.05, 4.69) is 24.2 Å². The Kier molecular flexibility index (Phi) is 2.63. The lowest BCUT2D eigenvalue weighted by atomic mass is 10.1. The van der Waals surface area contributed by atoms with E-state index in [4.69, 9.17) is 10.5 Å². The molecular weight excluding hydrogens is 178 g/mol. The van der Waals surface area contributed by atoms with Crippen molar-refractivity contribution in [2.75, 3.05) is 0 Å². The molecule has 2 fully saturated rings. The van der Waals surface area contributed by atoms with E-state index >= 15 is 0 Å². The fraction of sp³-hybridized carbons (Fsp3) is 0.900. The zero-order chi connectivity index (χ0) is 10.1. The van der Waals surface area contributed by atoms with Gasteiger partial charge in [-0.2, -0.15) is 0 Å². The number of nitrogens with one attached hydrogen (secondary N) is 1. The molecule has 4 nitrogen and oxygen atoms in total. The van der Waals surface area contributed by atoms with Crippen molar-refractivity contribution in [2.24, 2.45) is 10.7 Å². The molecule has 1 heterocycles. The number of rotatable bonds is 2. The molecule has 0 amide bonds. The molecule has 0 bridgehead atoms. The monoisotopic (exact) mass is 197 g/mol. The van der Waals surface area contributed by atoms with E-state index in [1.807, 2.05) is 0 Å². The van der Waals surface area contributed by atoms with Crippen LogP contribution in [-0.4, -0.2) is 30.3 Å². The van der Waals surface area contributed by atoms with Crippen LogP contribution in [0.25, 0.3) is 0 Å². The summed E-state index contributed by atoms with van der Waals surface area (Å²) in [6.07, 6.45) is 3.94. The highest BCUT2D eigenvalue weighted by Crippen LogP contribution is 2.23. The van der Waals surface area contributed by atoms with Crippen LogP contribution in [0.2, 0.25) is 0 Å². The van der Waals surface area contributed by atoms with Crippen molar-refractivity contribution in [3.63, 3.8) is 0 Å². The van der Waals surface area contributed by atoms with Crippen LogP contribution in [0.15, 0.2) is 4.99 Å². The van der Waals surface area contributed by atoms with Crippen molar-refractivity contribution in [1.29, 1.82) is 0 Å².